The van der Waals surface area contributed by atoms with Crippen molar-refractivity contribution < 1.29 is 4.79 Å². The molecular formula is C16H20N2OS. The normalized spacial score (nSPS) is 11.6. The Morgan fingerprint density at radius 2 is 1.90 bits per heavy atom. The molecule has 0 fully saturated rings. The first-order valence-corrected chi connectivity index (χ1v) is 7.79. The number of carbonyl (C=O) groups is 1. The molecule has 2 N–H and O–H groups in total. The van der Waals surface area contributed by atoms with Crippen LogP contribution in [0.3, 0.4) is 0 Å². The molecule has 3 nitrogen and oxygen atoms in total. The molecule has 0 radical (unpaired) electrons. The Kier molecular flexibility index (Phi) is 4.68. The number of hydrogen-bond acceptors (Lipinski definition) is 4. The van der Waals surface area contributed by atoms with Gasteiger partial charge in [0.15, 0.2) is 5.78 Å². The molecule has 0 atom stereocenters. The SMILES string of the molecule is CCC(N)(CC)C(=O)Cc1nc(-c2ccccc2)cs1. The van der Waals surface area contributed by atoms with Gasteiger partial charge in [0.25, 0.3) is 0 Å². The Balaban J connectivity index is 2.13. The Morgan fingerprint density at radius 1 is 1.25 bits per heavy atom. The number of carbonyl (C=O) groups excluding carboxylic acids is 1. The van der Waals surface area contributed by atoms with Gasteiger partial charge in [-0.25, -0.2) is 4.98 Å². The van der Waals surface area contributed by atoms with Crippen LogP contribution < -0.4 is 5.73 Å². The van der Waals surface area contributed by atoms with Crippen molar-refractivity contribution in [2.45, 2.75) is 38.6 Å². The van der Waals surface area contributed by atoms with Crippen LogP contribution in [0.1, 0.15) is 31.7 Å². The highest BCUT2D eigenvalue weighted by atomic mass is 32.1. The lowest BCUT2D eigenvalue weighted by Gasteiger charge is -2.24. The largest absolute Gasteiger partial charge is 0.319 e. The van der Waals surface area contributed by atoms with Crippen LogP contribution >= 0.6 is 11.3 Å². The third-order valence-corrected chi connectivity index (χ3v) is 4.60. The zero-order valence-electron chi connectivity index (χ0n) is 11.9. The molecule has 0 aliphatic rings. The molecule has 0 aliphatic heterocycles. The van der Waals surface area contributed by atoms with E-state index in [2.05, 4.69) is 4.98 Å². The molecule has 1 aromatic carbocycles. The summed E-state index contributed by atoms with van der Waals surface area (Å²) in [6.45, 7) is 3.91. The number of aromatic nitrogens is 1. The molecule has 1 aromatic heterocycles. The summed E-state index contributed by atoms with van der Waals surface area (Å²) in [4.78, 5) is 16.8. The molecule has 2 rings (SSSR count). The van der Waals surface area contributed by atoms with Crippen LogP contribution in [-0.4, -0.2) is 16.3 Å². The van der Waals surface area contributed by atoms with Gasteiger partial charge in [-0.2, -0.15) is 0 Å². The van der Waals surface area contributed by atoms with Gasteiger partial charge in [-0.05, 0) is 12.8 Å². The highest BCUT2D eigenvalue weighted by molar-refractivity contribution is 7.10. The van der Waals surface area contributed by atoms with Crippen molar-refractivity contribution in [2.75, 3.05) is 0 Å². The Labute approximate surface area is 123 Å². The summed E-state index contributed by atoms with van der Waals surface area (Å²) in [5, 5.41) is 2.83. The van der Waals surface area contributed by atoms with Crippen molar-refractivity contribution >= 4 is 17.1 Å². The third-order valence-electron chi connectivity index (χ3n) is 3.75. The predicted octanol–water partition coefficient (Wildman–Crippen LogP) is 3.44. The van der Waals surface area contributed by atoms with E-state index in [1.54, 1.807) is 0 Å². The van der Waals surface area contributed by atoms with E-state index >= 15 is 0 Å². The van der Waals surface area contributed by atoms with Crippen molar-refractivity contribution in [2.24, 2.45) is 5.73 Å². The van der Waals surface area contributed by atoms with Gasteiger partial charge in [0.05, 0.1) is 17.7 Å². The Bertz CT molecular complexity index is 573. The quantitative estimate of drug-likeness (QED) is 0.886. The van der Waals surface area contributed by atoms with Gasteiger partial charge in [-0.1, -0.05) is 44.2 Å². The van der Waals surface area contributed by atoms with Gasteiger partial charge < -0.3 is 5.73 Å². The number of rotatable bonds is 6. The van der Waals surface area contributed by atoms with Crippen LogP contribution in [0.4, 0.5) is 0 Å². The first kappa shape index (κ1) is 14.9. The van der Waals surface area contributed by atoms with Crippen LogP contribution in [0.25, 0.3) is 11.3 Å². The first-order valence-electron chi connectivity index (χ1n) is 6.91. The van der Waals surface area contributed by atoms with Crippen LogP contribution in [0, 0.1) is 0 Å². The molecule has 20 heavy (non-hydrogen) atoms. The maximum atomic E-state index is 12.3. The van der Waals surface area contributed by atoms with Gasteiger partial charge in [-0.3, -0.25) is 4.79 Å². The van der Waals surface area contributed by atoms with Gasteiger partial charge in [0, 0.05) is 10.9 Å². The molecule has 0 amide bonds. The van der Waals surface area contributed by atoms with E-state index in [1.807, 2.05) is 49.6 Å². The second kappa shape index (κ2) is 6.29. The van der Waals surface area contributed by atoms with Gasteiger partial charge in [0.2, 0.25) is 0 Å². The topological polar surface area (TPSA) is 56.0 Å². The monoisotopic (exact) mass is 288 g/mol. The van der Waals surface area contributed by atoms with E-state index in [4.69, 9.17) is 5.73 Å². The summed E-state index contributed by atoms with van der Waals surface area (Å²) >= 11 is 1.52. The smallest absolute Gasteiger partial charge is 0.159 e. The molecule has 0 saturated heterocycles. The average Bonchev–Trinajstić information content (AvgIpc) is 2.95. The Morgan fingerprint density at radius 3 is 2.50 bits per heavy atom. The standard InChI is InChI=1S/C16H20N2OS/c1-3-16(17,4-2)14(19)10-15-18-13(11-20-15)12-8-6-5-7-9-12/h5-9,11H,3-4,10,17H2,1-2H3. The number of nitrogens with two attached hydrogens (primary N) is 1. The van der Waals surface area contributed by atoms with Crippen molar-refractivity contribution in [3.05, 3.63) is 40.7 Å². The lowest BCUT2D eigenvalue weighted by atomic mass is 9.88. The molecule has 0 unspecified atom stereocenters. The predicted molar refractivity (Wildman–Crippen MR) is 83.8 cm³/mol. The fourth-order valence-electron chi connectivity index (χ4n) is 2.09. The number of benzene rings is 1. The summed E-state index contributed by atoms with van der Waals surface area (Å²) < 4.78 is 0. The lowest BCUT2D eigenvalue weighted by Crippen LogP contribution is -2.47. The first-order chi connectivity index (χ1) is 9.59. The highest BCUT2D eigenvalue weighted by Gasteiger charge is 2.30. The third kappa shape index (κ3) is 3.14. The molecule has 1 heterocycles. The molecule has 106 valence electrons. The van der Waals surface area contributed by atoms with Crippen LogP contribution in [0.5, 0.6) is 0 Å². The van der Waals surface area contributed by atoms with Gasteiger partial charge in [0.1, 0.15) is 5.01 Å². The maximum absolute atomic E-state index is 12.3. The highest BCUT2D eigenvalue weighted by Crippen LogP contribution is 2.23. The second-order valence-corrected chi connectivity index (χ2v) is 5.90. The molecule has 0 bridgehead atoms. The van der Waals surface area contributed by atoms with E-state index in [0.717, 1.165) is 16.3 Å². The summed E-state index contributed by atoms with van der Waals surface area (Å²) in [6, 6.07) is 9.99. The second-order valence-electron chi connectivity index (χ2n) is 4.96. The number of ketones is 1. The molecule has 0 spiro atoms. The zero-order chi connectivity index (χ0) is 14.6. The van der Waals surface area contributed by atoms with E-state index in [9.17, 15) is 4.79 Å². The fraction of sp³-hybridized carbons (Fsp3) is 0.375. The van der Waals surface area contributed by atoms with Crippen molar-refractivity contribution in [3.63, 3.8) is 0 Å². The van der Waals surface area contributed by atoms with Crippen LogP contribution in [-0.2, 0) is 11.2 Å². The van der Waals surface area contributed by atoms with Gasteiger partial charge in [-0.15, -0.1) is 11.3 Å². The molecule has 4 heteroatoms. The fourth-order valence-corrected chi connectivity index (χ4v) is 2.89. The van der Waals surface area contributed by atoms with Crippen molar-refractivity contribution in [1.29, 1.82) is 0 Å². The molecule has 0 aliphatic carbocycles. The van der Waals surface area contributed by atoms with Crippen molar-refractivity contribution in [3.8, 4) is 11.3 Å². The van der Waals surface area contributed by atoms with E-state index in [1.165, 1.54) is 11.3 Å². The molecular weight excluding hydrogens is 268 g/mol. The van der Waals surface area contributed by atoms with Crippen LogP contribution in [0.2, 0.25) is 0 Å². The van der Waals surface area contributed by atoms with Crippen molar-refractivity contribution in [1.82, 2.24) is 4.98 Å². The Hall–Kier alpha value is -1.52. The number of nitrogens with zero attached hydrogens (tertiary/aromatic N) is 1. The zero-order valence-corrected chi connectivity index (χ0v) is 12.7. The summed E-state index contributed by atoms with van der Waals surface area (Å²) in [7, 11) is 0. The maximum Gasteiger partial charge on any atom is 0.159 e. The average molecular weight is 288 g/mol. The molecule has 2 aromatic rings. The minimum Gasteiger partial charge on any atom is -0.319 e. The number of hydrogen-bond donors (Lipinski definition) is 1. The number of Topliss-reactive ketones (excluding diaryl/α,β-unsaturated/α-hetero) is 1. The lowest BCUT2D eigenvalue weighted by molar-refractivity contribution is -0.123. The minimum absolute atomic E-state index is 0.0801. The van der Waals surface area contributed by atoms with E-state index < -0.39 is 5.54 Å². The summed E-state index contributed by atoms with van der Waals surface area (Å²) in [5.41, 5.74) is 7.42. The summed E-state index contributed by atoms with van der Waals surface area (Å²) in [6.07, 6.45) is 1.66. The number of thiazole rings is 1. The van der Waals surface area contributed by atoms with E-state index in [-0.39, 0.29) is 5.78 Å². The summed E-state index contributed by atoms with van der Waals surface area (Å²) in [5.74, 6) is 0.0801. The van der Waals surface area contributed by atoms with Crippen LogP contribution in [0.15, 0.2) is 35.7 Å². The molecule has 0 saturated carbocycles. The van der Waals surface area contributed by atoms with E-state index in [0.29, 0.717) is 19.3 Å². The minimum atomic E-state index is -0.710. The van der Waals surface area contributed by atoms with Gasteiger partial charge >= 0.3 is 0 Å².